The fourth-order valence-corrected chi connectivity index (χ4v) is 2.35. The quantitative estimate of drug-likeness (QED) is 0.791. The first kappa shape index (κ1) is 14.2. The number of pyridine rings is 1. The minimum atomic E-state index is -0.466. The Kier molecular flexibility index (Phi) is 3.36. The third-order valence-corrected chi connectivity index (χ3v) is 3.45. The molecule has 5 nitrogen and oxygen atoms in total. The molecular weight excluding hydrogens is 283 g/mol. The number of nitrogens with one attached hydrogen (secondary N) is 1. The average Bonchev–Trinajstić information content (AvgIpc) is 2.83. The van der Waals surface area contributed by atoms with E-state index in [4.69, 9.17) is 0 Å². The summed E-state index contributed by atoms with van der Waals surface area (Å²) in [5.41, 5.74) is 2.78. The summed E-state index contributed by atoms with van der Waals surface area (Å²) in [6, 6.07) is 6.26. The van der Waals surface area contributed by atoms with Crippen LogP contribution in [0.25, 0.3) is 11.0 Å². The van der Waals surface area contributed by atoms with Gasteiger partial charge in [0, 0.05) is 12.7 Å². The van der Waals surface area contributed by atoms with Crippen molar-refractivity contribution in [3.63, 3.8) is 0 Å². The molecule has 0 saturated carbocycles. The molecule has 3 rings (SSSR count). The van der Waals surface area contributed by atoms with Gasteiger partial charge in [-0.2, -0.15) is 5.10 Å². The van der Waals surface area contributed by atoms with Crippen LogP contribution >= 0.6 is 0 Å². The lowest BCUT2D eigenvalue weighted by molar-refractivity contribution is 0.102. The number of aromatic nitrogens is 3. The first-order valence-electron chi connectivity index (χ1n) is 6.82. The number of fused-ring (bicyclic) bond motifs is 1. The van der Waals surface area contributed by atoms with Gasteiger partial charge in [0.05, 0.1) is 22.8 Å². The minimum Gasteiger partial charge on any atom is -0.319 e. The third-order valence-electron chi connectivity index (χ3n) is 3.45. The Labute approximate surface area is 126 Å². The van der Waals surface area contributed by atoms with E-state index in [9.17, 15) is 9.18 Å². The highest BCUT2D eigenvalue weighted by Gasteiger charge is 2.16. The smallest absolute Gasteiger partial charge is 0.256 e. The lowest BCUT2D eigenvalue weighted by Gasteiger charge is -2.09. The molecule has 22 heavy (non-hydrogen) atoms. The second kappa shape index (κ2) is 5.22. The van der Waals surface area contributed by atoms with E-state index in [1.807, 2.05) is 6.92 Å². The Bertz CT molecular complexity index is 885. The van der Waals surface area contributed by atoms with Gasteiger partial charge in [-0.15, -0.1) is 0 Å². The molecule has 0 aliphatic rings. The standard InChI is InChI=1S/C16H15FN4O/c1-9-4-5-13(17)14(6-9)20-16(22)11-7-10(2)19-15-12(11)8-18-21(15)3/h4-8H,1-3H3,(H,20,22). The van der Waals surface area contributed by atoms with Crippen LogP contribution in [-0.2, 0) is 7.05 Å². The first-order valence-corrected chi connectivity index (χ1v) is 6.82. The number of carbonyl (C=O) groups excluding carboxylic acids is 1. The van der Waals surface area contributed by atoms with E-state index in [2.05, 4.69) is 15.4 Å². The number of benzene rings is 1. The average molecular weight is 298 g/mol. The summed E-state index contributed by atoms with van der Waals surface area (Å²) in [7, 11) is 1.76. The van der Waals surface area contributed by atoms with Gasteiger partial charge in [0.1, 0.15) is 5.82 Å². The molecule has 6 heteroatoms. The number of nitrogens with zero attached hydrogens (tertiary/aromatic N) is 3. The van der Waals surface area contributed by atoms with Gasteiger partial charge in [0.25, 0.3) is 5.91 Å². The summed E-state index contributed by atoms with van der Waals surface area (Å²) in [6.45, 7) is 3.64. The number of anilines is 1. The Morgan fingerprint density at radius 1 is 1.27 bits per heavy atom. The number of amides is 1. The van der Waals surface area contributed by atoms with Crippen molar-refractivity contribution in [3.05, 3.63) is 53.1 Å². The molecule has 0 atom stereocenters. The number of carbonyl (C=O) groups is 1. The van der Waals surface area contributed by atoms with Crippen molar-refractivity contribution in [2.75, 3.05) is 5.32 Å². The van der Waals surface area contributed by atoms with E-state index < -0.39 is 5.82 Å². The maximum absolute atomic E-state index is 13.8. The minimum absolute atomic E-state index is 0.163. The van der Waals surface area contributed by atoms with Crippen molar-refractivity contribution in [1.82, 2.24) is 14.8 Å². The predicted octanol–water partition coefficient (Wildman–Crippen LogP) is 2.98. The second-order valence-electron chi connectivity index (χ2n) is 5.25. The molecule has 112 valence electrons. The van der Waals surface area contributed by atoms with Gasteiger partial charge in [-0.1, -0.05) is 6.07 Å². The largest absolute Gasteiger partial charge is 0.319 e. The van der Waals surface area contributed by atoms with Crippen molar-refractivity contribution in [1.29, 1.82) is 0 Å². The number of rotatable bonds is 2. The fraction of sp³-hybridized carbons (Fsp3) is 0.188. The summed E-state index contributed by atoms with van der Waals surface area (Å²) in [5.74, 6) is -0.847. The molecule has 0 spiro atoms. The highest BCUT2D eigenvalue weighted by Crippen LogP contribution is 2.21. The van der Waals surface area contributed by atoms with Gasteiger partial charge in [-0.3, -0.25) is 9.48 Å². The summed E-state index contributed by atoms with van der Waals surface area (Å²) < 4.78 is 15.4. The Balaban J connectivity index is 2.04. The van der Waals surface area contributed by atoms with Crippen LogP contribution in [0, 0.1) is 19.7 Å². The van der Waals surface area contributed by atoms with Crippen LogP contribution in [0.1, 0.15) is 21.6 Å². The van der Waals surface area contributed by atoms with Gasteiger partial charge in [-0.05, 0) is 37.6 Å². The van der Waals surface area contributed by atoms with Gasteiger partial charge >= 0.3 is 0 Å². The molecule has 0 fully saturated rings. The summed E-state index contributed by atoms with van der Waals surface area (Å²) in [6.07, 6.45) is 1.59. The van der Waals surface area contributed by atoms with Crippen LogP contribution in [-0.4, -0.2) is 20.7 Å². The summed E-state index contributed by atoms with van der Waals surface area (Å²) in [5, 5.41) is 7.37. The Morgan fingerprint density at radius 2 is 2.05 bits per heavy atom. The molecular formula is C16H15FN4O. The van der Waals surface area contributed by atoms with Gasteiger partial charge in [0.15, 0.2) is 5.65 Å². The maximum Gasteiger partial charge on any atom is 0.256 e. The molecule has 0 aliphatic heterocycles. The number of hydrogen-bond donors (Lipinski definition) is 1. The maximum atomic E-state index is 13.8. The molecule has 0 radical (unpaired) electrons. The number of halogens is 1. The molecule has 1 aromatic carbocycles. The van der Waals surface area contributed by atoms with Crippen LogP contribution in [0.2, 0.25) is 0 Å². The molecule has 0 bridgehead atoms. The first-order chi connectivity index (χ1) is 10.5. The molecule has 2 heterocycles. The van der Waals surface area contributed by atoms with Gasteiger partial charge in [0.2, 0.25) is 0 Å². The summed E-state index contributed by atoms with van der Waals surface area (Å²) in [4.78, 5) is 16.9. The molecule has 1 amide bonds. The van der Waals surface area contributed by atoms with Gasteiger partial charge < -0.3 is 5.32 Å². The third kappa shape index (κ3) is 2.43. The normalized spacial score (nSPS) is 10.9. The Hall–Kier alpha value is -2.76. The monoisotopic (exact) mass is 298 g/mol. The van der Waals surface area contributed by atoms with Crippen molar-refractivity contribution in [2.24, 2.45) is 7.05 Å². The fourth-order valence-electron chi connectivity index (χ4n) is 2.35. The van der Waals surface area contributed by atoms with Gasteiger partial charge in [-0.25, -0.2) is 9.37 Å². The number of hydrogen-bond acceptors (Lipinski definition) is 3. The van der Waals surface area contributed by atoms with Crippen LogP contribution in [0.15, 0.2) is 30.5 Å². The molecule has 3 aromatic rings. The van der Waals surface area contributed by atoms with Crippen molar-refractivity contribution in [2.45, 2.75) is 13.8 Å². The van der Waals surface area contributed by atoms with E-state index in [0.29, 0.717) is 22.3 Å². The number of aryl methyl sites for hydroxylation is 3. The van der Waals surface area contributed by atoms with Crippen molar-refractivity contribution >= 4 is 22.6 Å². The van der Waals surface area contributed by atoms with E-state index in [1.54, 1.807) is 43.0 Å². The highest BCUT2D eigenvalue weighted by atomic mass is 19.1. The van der Waals surface area contributed by atoms with Crippen LogP contribution in [0.5, 0.6) is 0 Å². The zero-order valence-corrected chi connectivity index (χ0v) is 12.5. The van der Waals surface area contributed by atoms with E-state index in [0.717, 1.165) is 5.56 Å². The molecule has 0 aliphatic carbocycles. The zero-order chi connectivity index (χ0) is 15.9. The van der Waals surface area contributed by atoms with E-state index >= 15 is 0 Å². The molecule has 0 saturated heterocycles. The van der Waals surface area contributed by atoms with Crippen molar-refractivity contribution in [3.8, 4) is 0 Å². The van der Waals surface area contributed by atoms with E-state index in [-0.39, 0.29) is 11.6 Å². The highest BCUT2D eigenvalue weighted by molar-refractivity contribution is 6.12. The van der Waals surface area contributed by atoms with Crippen LogP contribution in [0.3, 0.4) is 0 Å². The zero-order valence-electron chi connectivity index (χ0n) is 12.5. The topological polar surface area (TPSA) is 59.8 Å². The second-order valence-corrected chi connectivity index (χ2v) is 5.25. The molecule has 2 aromatic heterocycles. The van der Waals surface area contributed by atoms with Crippen LogP contribution in [0.4, 0.5) is 10.1 Å². The molecule has 0 unspecified atom stereocenters. The molecule has 1 N–H and O–H groups in total. The lowest BCUT2D eigenvalue weighted by atomic mass is 10.1. The van der Waals surface area contributed by atoms with Crippen molar-refractivity contribution < 1.29 is 9.18 Å². The lowest BCUT2D eigenvalue weighted by Crippen LogP contribution is -2.14. The van der Waals surface area contributed by atoms with E-state index in [1.165, 1.54) is 6.07 Å². The van der Waals surface area contributed by atoms with Crippen LogP contribution < -0.4 is 5.32 Å². The predicted molar refractivity (Wildman–Crippen MR) is 82.3 cm³/mol. The summed E-state index contributed by atoms with van der Waals surface area (Å²) >= 11 is 0. The SMILES string of the molecule is Cc1ccc(F)c(NC(=O)c2cc(C)nc3c2cnn3C)c1. The Morgan fingerprint density at radius 3 is 2.82 bits per heavy atom.